The Hall–Kier alpha value is -1.04. The van der Waals surface area contributed by atoms with Crippen LogP contribution in [0.1, 0.15) is 19.4 Å². The first-order valence-corrected chi connectivity index (χ1v) is 6.43. The van der Waals surface area contributed by atoms with E-state index in [1.165, 1.54) is 0 Å². The maximum Gasteiger partial charge on any atom is 0.322 e. The summed E-state index contributed by atoms with van der Waals surface area (Å²) < 4.78 is 4.46. The number of hydrogen-bond donors (Lipinski definition) is 2. The van der Waals surface area contributed by atoms with Gasteiger partial charge in [0.15, 0.2) is 0 Å². The van der Waals surface area contributed by atoms with Gasteiger partial charge in [0.05, 0.1) is 11.9 Å². The minimum Gasteiger partial charge on any atom is -0.480 e. The SMILES string of the molecule is COSC(C)(C)[C@@H](NCc1ccccc1)C(=O)O. The van der Waals surface area contributed by atoms with Crippen LogP contribution in [0.15, 0.2) is 30.3 Å². The van der Waals surface area contributed by atoms with Gasteiger partial charge in [0, 0.05) is 6.54 Å². The molecule has 0 spiro atoms. The average molecular weight is 269 g/mol. The Bertz CT molecular complexity index is 381. The minimum absolute atomic E-state index is 0.519. The summed E-state index contributed by atoms with van der Waals surface area (Å²) in [6.07, 6.45) is 0. The number of benzene rings is 1. The topological polar surface area (TPSA) is 58.6 Å². The molecule has 0 aromatic heterocycles. The van der Waals surface area contributed by atoms with Crippen LogP contribution in [0, 0.1) is 0 Å². The Morgan fingerprint density at radius 2 is 2.06 bits per heavy atom. The molecule has 0 saturated carbocycles. The summed E-state index contributed by atoms with van der Waals surface area (Å²) in [5.74, 6) is -0.875. The second kappa shape index (κ2) is 6.78. The first-order chi connectivity index (χ1) is 8.47. The molecule has 1 aromatic rings. The van der Waals surface area contributed by atoms with Gasteiger partial charge in [0.1, 0.15) is 6.04 Å². The maximum atomic E-state index is 11.3. The molecule has 0 heterocycles. The monoisotopic (exact) mass is 269 g/mol. The predicted octanol–water partition coefficient (Wildman–Crippen LogP) is 2.30. The van der Waals surface area contributed by atoms with Crippen molar-refractivity contribution < 1.29 is 14.1 Å². The molecule has 0 saturated heterocycles. The first kappa shape index (κ1) is 15.0. The first-order valence-electron chi connectivity index (χ1n) is 5.69. The van der Waals surface area contributed by atoms with E-state index in [9.17, 15) is 9.90 Å². The minimum atomic E-state index is -0.875. The van der Waals surface area contributed by atoms with Crippen LogP contribution in [0.5, 0.6) is 0 Å². The molecule has 5 heteroatoms. The summed E-state index contributed by atoms with van der Waals surface area (Å²) >= 11 is 1.16. The Morgan fingerprint density at radius 3 is 2.56 bits per heavy atom. The van der Waals surface area contributed by atoms with Gasteiger partial charge in [0.2, 0.25) is 0 Å². The molecule has 0 unspecified atom stereocenters. The maximum absolute atomic E-state index is 11.3. The van der Waals surface area contributed by atoms with Crippen molar-refractivity contribution in [3.8, 4) is 0 Å². The third kappa shape index (κ3) is 4.33. The lowest BCUT2D eigenvalue weighted by molar-refractivity contribution is -0.140. The molecular formula is C13H19NO3S. The van der Waals surface area contributed by atoms with Gasteiger partial charge in [-0.15, -0.1) is 0 Å². The van der Waals surface area contributed by atoms with Crippen molar-refractivity contribution in [3.05, 3.63) is 35.9 Å². The van der Waals surface area contributed by atoms with Crippen molar-refractivity contribution in [3.63, 3.8) is 0 Å². The molecule has 0 bridgehead atoms. The lowest BCUT2D eigenvalue weighted by Gasteiger charge is -2.30. The predicted molar refractivity (Wildman–Crippen MR) is 73.4 cm³/mol. The molecule has 0 fully saturated rings. The number of aliphatic carboxylic acids is 1. The molecule has 0 aliphatic carbocycles. The van der Waals surface area contributed by atoms with Crippen LogP contribution < -0.4 is 5.32 Å². The van der Waals surface area contributed by atoms with Crippen LogP contribution in [-0.4, -0.2) is 29.0 Å². The van der Waals surface area contributed by atoms with Gasteiger partial charge in [-0.05, 0) is 31.5 Å². The highest BCUT2D eigenvalue weighted by Crippen LogP contribution is 2.28. The van der Waals surface area contributed by atoms with E-state index in [4.69, 9.17) is 4.18 Å². The molecule has 2 N–H and O–H groups in total. The summed E-state index contributed by atoms with van der Waals surface area (Å²) in [6.45, 7) is 4.21. The molecular weight excluding hydrogens is 250 g/mol. The fourth-order valence-corrected chi connectivity index (χ4v) is 2.42. The van der Waals surface area contributed by atoms with Gasteiger partial charge in [-0.2, -0.15) is 0 Å². The van der Waals surface area contributed by atoms with Crippen molar-refractivity contribution >= 4 is 18.0 Å². The van der Waals surface area contributed by atoms with Crippen molar-refractivity contribution in [1.29, 1.82) is 0 Å². The van der Waals surface area contributed by atoms with Gasteiger partial charge in [0.25, 0.3) is 0 Å². The summed E-state index contributed by atoms with van der Waals surface area (Å²) in [5.41, 5.74) is 1.06. The van der Waals surface area contributed by atoms with E-state index in [-0.39, 0.29) is 0 Å². The van der Waals surface area contributed by atoms with Crippen LogP contribution in [0.2, 0.25) is 0 Å². The number of nitrogens with one attached hydrogen (secondary N) is 1. The normalized spacial score (nSPS) is 13.3. The van der Waals surface area contributed by atoms with E-state index in [1.807, 2.05) is 44.2 Å². The molecule has 100 valence electrons. The zero-order valence-electron chi connectivity index (χ0n) is 10.8. The van der Waals surface area contributed by atoms with Gasteiger partial charge in [-0.3, -0.25) is 10.1 Å². The smallest absolute Gasteiger partial charge is 0.322 e. The second-order valence-electron chi connectivity index (χ2n) is 4.49. The van der Waals surface area contributed by atoms with Gasteiger partial charge >= 0.3 is 5.97 Å². The Labute approximate surface area is 112 Å². The highest BCUT2D eigenvalue weighted by Gasteiger charge is 2.36. The van der Waals surface area contributed by atoms with Crippen LogP contribution in [-0.2, 0) is 15.5 Å². The molecule has 0 radical (unpaired) electrons. The van der Waals surface area contributed by atoms with Crippen molar-refractivity contribution in [2.75, 3.05) is 7.11 Å². The summed E-state index contributed by atoms with van der Waals surface area (Å²) in [6, 6.07) is 9.04. The van der Waals surface area contributed by atoms with E-state index in [2.05, 4.69) is 5.32 Å². The van der Waals surface area contributed by atoms with Gasteiger partial charge < -0.3 is 9.29 Å². The van der Waals surface area contributed by atoms with Crippen LogP contribution in [0.3, 0.4) is 0 Å². The highest BCUT2D eigenvalue weighted by atomic mass is 32.2. The lowest BCUT2D eigenvalue weighted by Crippen LogP contribution is -2.50. The number of carbonyl (C=O) groups is 1. The quantitative estimate of drug-likeness (QED) is 0.744. The fraction of sp³-hybridized carbons (Fsp3) is 0.462. The van der Waals surface area contributed by atoms with Crippen molar-refractivity contribution in [1.82, 2.24) is 5.32 Å². The van der Waals surface area contributed by atoms with E-state index in [1.54, 1.807) is 7.11 Å². The molecule has 0 aliphatic heterocycles. The van der Waals surface area contributed by atoms with Gasteiger partial charge in [-0.25, -0.2) is 0 Å². The van der Waals surface area contributed by atoms with Crippen LogP contribution in [0.4, 0.5) is 0 Å². The number of carboxylic acids is 1. The lowest BCUT2D eigenvalue weighted by atomic mass is 10.0. The van der Waals surface area contributed by atoms with Crippen molar-refractivity contribution in [2.45, 2.75) is 31.2 Å². The molecule has 0 amide bonds. The summed E-state index contributed by atoms with van der Waals surface area (Å²) in [4.78, 5) is 11.3. The zero-order chi connectivity index (χ0) is 13.6. The van der Waals surface area contributed by atoms with E-state index < -0.39 is 16.8 Å². The summed E-state index contributed by atoms with van der Waals surface area (Å²) in [7, 11) is 1.54. The number of carboxylic acid groups (broad SMARTS) is 1. The van der Waals surface area contributed by atoms with E-state index in [0.29, 0.717) is 6.54 Å². The molecule has 0 aliphatic rings. The largest absolute Gasteiger partial charge is 0.480 e. The molecule has 1 aromatic carbocycles. The number of rotatable bonds is 7. The molecule has 18 heavy (non-hydrogen) atoms. The standard InChI is InChI=1S/C13H19NO3S/c1-13(2,18-17-3)11(12(15)16)14-9-10-7-5-4-6-8-10/h4-8,11,14H,9H2,1-3H3,(H,15,16)/t11-/m0/s1. The number of hydrogen-bond acceptors (Lipinski definition) is 4. The Balaban J connectivity index is 2.67. The Morgan fingerprint density at radius 1 is 1.44 bits per heavy atom. The molecule has 4 nitrogen and oxygen atoms in total. The van der Waals surface area contributed by atoms with E-state index >= 15 is 0 Å². The highest BCUT2D eigenvalue weighted by molar-refractivity contribution is 7.96. The third-order valence-electron chi connectivity index (χ3n) is 2.59. The summed E-state index contributed by atoms with van der Waals surface area (Å²) in [5, 5.41) is 12.3. The molecule has 1 rings (SSSR count). The van der Waals surface area contributed by atoms with E-state index in [0.717, 1.165) is 17.6 Å². The average Bonchev–Trinajstić information content (AvgIpc) is 2.29. The second-order valence-corrected chi connectivity index (χ2v) is 6.04. The zero-order valence-corrected chi connectivity index (χ0v) is 11.7. The van der Waals surface area contributed by atoms with Crippen molar-refractivity contribution in [2.24, 2.45) is 0 Å². The fourth-order valence-electron chi connectivity index (χ4n) is 1.71. The van der Waals surface area contributed by atoms with Crippen LogP contribution >= 0.6 is 12.0 Å². The van der Waals surface area contributed by atoms with Crippen LogP contribution in [0.25, 0.3) is 0 Å². The van der Waals surface area contributed by atoms with Gasteiger partial charge in [-0.1, -0.05) is 30.3 Å². The Kier molecular flexibility index (Phi) is 5.65. The third-order valence-corrected chi connectivity index (χ3v) is 3.43. The molecule has 1 atom stereocenters.